The highest BCUT2D eigenvalue weighted by atomic mass is 32.1. The number of halogens is 3. The minimum absolute atomic E-state index is 0.259. The number of nitrogens with zero attached hydrogens (tertiary/aromatic N) is 3. The number of thiocarbonyl (C=S) groups is 1. The predicted molar refractivity (Wildman–Crippen MR) is 115 cm³/mol. The van der Waals surface area contributed by atoms with E-state index in [1.807, 2.05) is 35.2 Å². The van der Waals surface area contributed by atoms with Crippen LogP contribution in [0.4, 0.5) is 13.2 Å². The molecule has 0 aliphatic carbocycles. The number of nitrogens with one attached hydrogen (secondary N) is 1. The third kappa shape index (κ3) is 4.28. The van der Waals surface area contributed by atoms with Gasteiger partial charge in [0.05, 0.1) is 29.9 Å². The van der Waals surface area contributed by atoms with Crippen molar-refractivity contribution in [2.24, 2.45) is 0 Å². The van der Waals surface area contributed by atoms with Gasteiger partial charge in [0.25, 0.3) is 0 Å². The quantitative estimate of drug-likeness (QED) is 0.565. The average molecular weight is 446 g/mol. The Bertz CT molecular complexity index is 1050. The van der Waals surface area contributed by atoms with Crippen molar-refractivity contribution in [1.29, 1.82) is 0 Å². The summed E-state index contributed by atoms with van der Waals surface area (Å²) in [6.45, 7) is 0.988. The highest BCUT2D eigenvalue weighted by Crippen LogP contribution is 2.39. The number of methoxy groups -OCH3 is 1. The van der Waals surface area contributed by atoms with Crippen LogP contribution in [-0.2, 0) is 10.9 Å². The number of hydrogen-bond acceptors (Lipinski definition) is 3. The number of hydrogen-bond donors (Lipinski definition) is 1. The van der Waals surface area contributed by atoms with Gasteiger partial charge in [-0.25, -0.2) is 0 Å². The van der Waals surface area contributed by atoms with Gasteiger partial charge in [0.2, 0.25) is 0 Å². The summed E-state index contributed by atoms with van der Waals surface area (Å²) >= 11 is 5.58. The highest BCUT2D eigenvalue weighted by molar-refractivity contribution is 7.80. The molecule has 1 saturated heterocycles. The molecule has 1 N–H and O–H groups in total. The third-order valence-electron chi connectivity index (χ3n) is 5.27. The first-order valence-corrected chi connectivity index (χ1v) is 10.1. The summed E-state index contributed by atoms with van der Waals surface area (Å²) in [6.07, 6.45) is -0.947. The van der Waals surface area contributed by atoms with Gasteiger partial charge in [-0.15, -0.1) is 0 Å². The van der Waals surface area contributed by atoms with Crippen molar-refractivity contribution >= 4 is 17.3 Å². The Morgan fingerprint density at radius 1 is 1.13 bits per heavy atom. The van der Waals surface area contributed by atoms with Crippen molar-refractivity contribution in [2.75, 3.05) is 20.3 Å². The molecule has 31 heavy (non-hydrogen) atoms. The summed E-state index contributed by atoms with van der Waals surface area (Å²) in [7, 11) is 1.61. The van der Waals surface area contributed by atoms with Crippen LogP contribution in [0.1, 0.15) is 29.0 Å². The first-order valence-electron chi connectivity index (χ1n) is 9.72. The normalized spacial score (nSPS) is 19.0. The van der Waals surface area contributed by atoms with Gasteiger partial charge in [-0.3, -0.25) is 4.98 Å². The summed E-state index contributed by atoms with van der Waals surface area (Å²) < 4.78 is 46.9. The van der Waals surface area contributed by atoms with Crippen molar-refractivity contribution in [3.8, 4) is 5.69 Å². The molecule has 9 heteroatoms. The van der Waals surface area contributed by atoms with Crippen LogP contribution in [0.15, 0.2) is 67.0 Å². The van der Waals surface area contributed by atoms with E-state index >= 15 is 0 Å². The monoisotopic (exact) mass is 446 g/mol. The Morgan fingerprint density at radius 2 is 1.97 bits per heavy atom. The van der Waals surface area contributed by atoms with E-state index in [-0.39, 0.29) is 12.1 Å². The van der Waals surface area contributed by atoms with Crippen LogP contribution < -0.4 is 5.32 Å². The standard InChI is InChI=1S/C22H21F3N4OS/c1-30-13-12-29-20(19(27-21(29)31)17-8-2-3-10-26-17)18-9-5-11-28(18)16-7-4-6-15(14-16)22(23,24)25/h2-11,14,19-20H,12-13H2,1H3,(H,27,31)/t19-,20+/m1/s1. The molecule has 2 atom stereocenters. The largest absolute Gasteiger partial charge is 0.416 e. The number of pyridine rings is 1. The Kier molecular flexibility index (Phi) is 5.97. The molecule has 1 fully saturated rings. The van der Waals surface area contributed by atoms with Gasteiger partial charge in [-0.2, -0.15) is 13.2 Å². The summed E-state index contributed by atoms with van der Waals surface area (Å²) in [4.78, 5) is 6.48. The SMILES string of the molecule is COCCN1C(=S)N[C@H](c2ccccn2)[C@@H]1c1cccn1-c1cccc(C(F)(F)F)c1. The van der Waals surface area contributed by atoms with E-state index in [0.29, 0.717) is 24.0 Å². The summed E-state index contributed by atoms with van der Waals surface area (Å²) in [6, 6.07) is 14.1. The molecule has 0 spiro atoms. The number of aromatic nitrogens is 2. The van der Waals surface area contributed by atoms with Crippen LogP contribution in [0.2, 0.25) is 0 Å². The second-order valence-corrected chi connectivity index (χ2v) is 7.55. The smallest absolute Gasteiger partial charge is 0.383 e. The van der Waals surface area contributed by atoms with E-state index in [1.54, 1.807) is 30.1 Å². The topological polar surface area (TPSA) is 42.3 Å². The third-order valence-corrected chi connectivity index (χ3v) is 5.62. The molecule has 1 aliphatic rings. The highest BCUT2D eigenvalue weighted by Gasteiger charge is 2.41. The van der Waals surface area contributed by atoms with E-state index in [4.69, 9.17) is 17.0 Å². The lowest BCUT2D eigenvalue weighted by molar-refractivity contribution is -0.137. The minimum Gasteiger partial charge on any atom is -0.383 e. The van der Waals surface area contributed by atoms with Crippen molar-refractivity contribution in [3.63, 3.8) is 0 Å². The second kappa shape index (κ2) is 8.68. The molecule has 1 aromatic carbocycles. The van der Waals surface area contributed by atoms with Crippen molar-refractivity contribution in [1.82, 2.24) is 19.8 Å². The van der Waals surface area contributed by atoms with Gasteiger partial charge >= 0.3 is 6.18 Å². The predicted octanol–water partition coefficient (Wildman–Crippen LogP) is 4.51. The first kappa shape index (κ1) is 21.3. The molecule has 5 nitrogen and oxygen atoms in total. The zero-order valence-corrected chi connectivity index (χ0v) is 17.5. The van der Waals surface area contributed by atoms with Crippen LogP contribution in [0.5, 0.6) is 0 Å². The maximum absolute atomic E-state index is 13.3. The molecule has 3 aromatic rings. The second-order valence-electron chi connectivity index (χ2n) is 7.16. The van der Waals surface area contributed by atoms with E-state index in [9.17, 15) is 13.2 Å². The lowest BCUT2D eigenvalue weighted by Crippen LogP contribution is -2.33. The van der Waals surface area contributed by atoms with Crippen molar-refractivity contribution < 1.29 is 17.9 Å². The van der Waals surface area contributed by atoms with Gasteiger partial charge in [0.15, 0.2) is 5.11 Å². The maximum Gasteiger partial charge on any atom is 0.416 e. The Balaban J connectivity index is 1.79. The van der Waals surface area contributed by atoms with E-state index < -0.39 is 11.7 Å². The van der Waals surface area contributed by atoms with Crippen molar-refractivity contribution in [3.05, 3.63) is 83.9 Å². The molecular formula is C22H21F3N4OS. The molecule has 3 heterocycles. The lowest BCUT2D eigenvalue weighted by Gasteiger charge is -2.28. The van der Waals surface area contributed by atoms with Gasteiger partial charge in [-0.1, -0.05) is 12.1 Å². The summed E-state index contributed by atoms with van der Waals surface area (Å²) in [5.74, 6) is 0. The van der Waals surface area contributed by atoms with Crippen molar-refractivity contribution in [2.45, 2.75) is 18.3 Å². The molecule has 0 unspecified atom stereocenters. The van der Waals surface area contributed by atoms with Gasteiger partial charge in [-0.05, 0) is 54.7 Å². The van der Waals surface area contributed by atoms with Gasteiger partial charge in [0.1, 0.15) is 0 Å². The molecule has 0 radical (unpaired) electrons. The molecule has 162 valence electrons. The van der Waals surface area contributed by atoms with Crippen LogP contribution >= 0.6 is 12.2 Å². The molecule has 2 aromatic heterocycles. The lowest BCUT2D eigenvalue weighted by atomic mass is 10.0. The summed E-state index contributed by atoms with van der Waals surface area (Å²) in [5.41, 5.74) is 1.34. The zero-order valence-electron chi connectivity index (χ0n) is 16.7. The van der Waals surface area contributed by atoms with Gasteiger partial charge in [0, 0.05) is 37.4 Å². The fourth-order valence-corrected chi connectivity index (χ4v) is 4.19. The first-order chi connectivity index (χ1) is 14.9. The molecule has 0 saturated carbocycles. The molecule has 0 amide bonds. The Hall–Kier alpha value is -2.91. The zero-order chi connectivity index (χ0) is 22.0. The van der Waals surface area contributed by atoms with Crippen LogP contribution in [0.3, 0.4) is 0 Å². The maximum atomic E-state index is 13.3. The number of alkyl halides is 3. The Labute approximate surface area is 183 Å². The number of benzene rings is 1. The van der Waals surface area contributed by atoms with E-state index in [1.165, 1.54) is 6.07 Å². The Morgan fingerprint density at radius 3 is 2.68 bits per heavy atom. The molecular weight excluding hydrogens is 425 g/mol. The van der Waals surface area contributed by atoms with Crippen LogP contribution in [0.25, 0.3) is 5.69 Å². The summed E-state index contributed by atoms with van der Waals surface area (Å²) in [5, 5.41) is 3.88. The number of ether oxygens (including phenoxy) is 1. The molecule has 0 bridgehead atoms. The fourth-order valence-electron chi connectivity index (χ4n) is 3.86. The fraction of sp³-hybridized carbons (Fsp3) is 0.273. The van der Waals surface area contributed by atoms with Crippen LogP contribution in [-0.4, -0.2) is 39.8 Å². The van der Waals surface area contributed by atoms with Gasteiger partial charge < -0.3 is 19.5 Å². The molecule has 1 aliphatic heterocycles. The van der Waals surface area contributed by atoms with Crippen LogP contribution in [0, 0.1) is 0 Å². The van der Waals surface area contributed by atoms with E-state index in [0.717, 1.165) is 23.5 Å². The minimum atomic E-state index is -4.42. The number of rotatable bonds is 6. The molecule has 4 rings (SSSR count). The van der Waals surface area contributed by atoms with E-state index in [2.05, 4.69) is 10.3 Å². The average Bonchev–Trinajstić information content (AvgIpc) is 3.36.